The second-order valence-corrected chi connectivity index (χ2v) is 5.75. The van der Waals surface area contributed by atoms with Gasteiger partial charge in [0, 0.05) is 19.9 Å². The summed E-state index contributed by atoms with van der Waals surface area (Å²) in [6.07, 6.45) is -4.28. The van der Waals surface area contributed by atoms with Crippen LogP contribution in [0.25, 0.3) is 0 Å². The standard InChI is InChI=1S/C15H24N2O8/c1-3-4-11(21)16-6-9(20)13(22)14-12(17-7(2)18)8(19)5-10(25-14)15(23)24/h5,8-9,12-14,19-20,22H,3-4,6H2,1-2H3,(H,16,21)(H,17,18)(H,23,24)/t8-,9?,12?,13?,14?/m1/s1. The molecule has 25 heavy (non-hydrogen) atoms. The highest BCUT2D eigenvalue weighted by molar-refractivity contribution is 5.84. The van der Waals surface area contributed by atoms with Gasteiger partial charge in [-0.15, -0.1) is 0 Å². The molecule has 0 saturated carbocycles. The number of carboxylic acids is 1. The Morgan fingerprint density at radius 3 is 2.48 bits per heavy atom. The van der Waals surface area contributed by atoms with Crippen LogP contribution in [0.4, 0.5) is 0 Å². The van der Waals surface area contributed by atoms with Crippen molar-refractivity contribution in [2.24, 2.45) is 0 Å². The van der Waals surface area contributed by atoms with Gasteiger partial charge in [0.1, 0.15) is 18.3 Å². The second kappa shape index (κ2) is 9.35. The molecule has 1 aliphatic heterocycles. The van der Waals surface area contributed by atoms with E-state index in [1.165, 1.54) is 6.92 Å². The molecule has 142 valence electrons. The van der Waals surface area contributed by atoms with Crippen LogP contribution >= 0.6 is 0 Å². The fraction of sp³-hybridized carbons (Fsp3) is 0.667. The molecular formula is C15H24N2O8. The van der Waals surface area contributed by atoms with Crippen molar-refractivity contribution in [3.63, 3.8) is 0 Å². The van der Waals surface area contributed by atoms with Gasteiger partial charge in [-0.3, -0.25) is 9.59 Å². The van der Waals surface area contributed by atoms with Crippen LogP contribution in [0.15, 0.2) is 11.8 Å². The van der Waals surface area contributed by atoms with Gasteiger partial charge in [-0.25, -0.2) is 4.79 Å². The van der Waals surface area contributed by atoms with Crippen molar-refractivity contribution in [2.45, 2.75) is 57.1 Å². The van der Waals surface area contributed by atoms with Crippen LogP contribution in [-0.4, -0.2) is 75.2 Å². The molecule has 2 amide bonds. The maximum absolute atomic E-state index is 11.4. The van der Waals surface area contributed by atoms with Gasteiger partial charge in [0.15, 0.2) is 6.10 Å². The summed E-state index contributed by atoms with van der Waals surface area (Å²) in [5, 5.41) is 44.1. The highest BCUT2D eigenvalue weighted by atomic mass is 16.5. The molecule has 1 rings (SSSR count). The SMILES string of the molecule is CCCC(=O)NCC(O)C(O)C1OC(C(=O)O)=C[C@@H](O)C1NC(C)=O. The molecule has 6 N–H and O–H groups in total. The van der Waals surface area contributed by atoms with E-state index in [-0.39, 0.29) is 18.9 Å². The van der Waals surface area contributed by atoms with E-state index >= 15 is 0 Å². The van der Waals surface area contributed by atoms with Gasteiger partial charge in [0.2, 0.25) is 17.6 Å². The Hall–Kier alpha value is -2.17. The first-order chi connectivity index (χ1) is 11.7. The van der Waals surface area contributed by atoms with Gasteiger partial charge in [0.05, 0.1) is 6.04 Å². The Balaban J connectivity index is 2.87. The fourth-order valence-electron chi connectivity index (χ4n) is 2.39. The number of amides is 2. The maximum atomic E-state index is 11.4. The molecule has 1 aliphatic rings. The molecule has 4 unspecified atom stereocenters. The van der Waals surface area contributed by atoms with E-state index in [4.69, 9.17) is 9.84 Å². The number of ether oxygens (including phenoxy) is 1. The molecule has 0 bridgehead atoms. The van der Waals surface area contributed by atoms with Crippen molar-refractivity contribution >= 4 is 17.8 Å². The lowest BCUT2D eigenvalue weighted by Gasteiger charge is -2.38. The molecule has 0 aliphatic carbocycles. The van der Waals surface area contributed by atoms with Crippen molar-refractivity contribution in [1.29, 1.82) is 0 Å². The lowest BCUT2D eigenvalue weighted by molar-refractivity contribution is -0.147. The summed E-state index contributed by atoms with van der Waals surface area (Å²) in [6, 6.07) is -1.17. The first kappa shape index (κ1) is 20.9. The van der Waals surface area contributed by atoms with Crippen LogP contribution in [0, 0.1) is 0 Å². The lowest BCUT2D eigenvalue weighted by atomic mass is 9.93. The highest BCUT2D eigenvalue weighted by Gasteiger charge is 2.43. The first-order valence-electron chi connectivity index (χ1n) is 7.87. The first-order valence-corrected chi connectivity index (χ1v) is 7.87. The van der Waals surface area contributed by atoms with Crippen LogP contribution < -0.4 is 10.6 Å². The number of rotatable bonds is 8. The van der Waals surface area contributed by atoms with Crippen LogP contribution in [0.1, 0.15) is 26.7 Å². The molecule has 1 heterocycles. The molecule has 5 atom stereocenters. The van der Waals surface area contributed by atoms with E-state index in [0.717, 1.165) is 6.08 Å². The molecule has 0 saturated heterocycles. The number of hydrogen-bond acceptors (Lipinski definition) is 7. The summed E-state index contributed by atoms with van der Waals surface area (Å²) in [7, 11) is 0. The highest BCUT2D eigenvalue weighted by Crippen LogP contribution is 2.22. The van der Waals surface area contributed by atoms with Gasteiger partial charge in [-0.2, -0.15) is 0 Å². The molecule has 0 fully saturated rings. The van der Waals surface area contributed by atoms with Crippen molar-refractivity contribution in [3.8, 4) is 0 Å². The average Bonchev–Trinajstić information content (AvgIpc) is 2.53. The number of aliphatic hydroxyl groups is 3. The third-order valence-corrected chi connectivity index (χ3v) is 3.60. The summed E-state index contributed by atoms with van der Waals surface area (Å²) in [5.74, 6) is -2.94. The number of hydrogen-bond donors (Lipinski definition) is 6. The smallest absolute Gasteiger partial charge is 0.370 e. The van der Waals surface area contributed by atoms with E-state index < -0.39 is 48.1 Å². The Kier molecular flexibility index (Phi) is 7.81. The minimum absolute atomic E-state index is 0.252. The van der Waals surface area contributed by atoms with Crippen molar-refractivity contribution in [3.05, 3.63) is 11.8 Å². The summed E-state index contributed by atoms with van der Waals surface area (Å²) in [6.45, 7) is 2.68. The third kappa shape index (κ3) is 6.00. The number of carbonyl (C=O) groups is 3. The minimum atomic E-state index is -1.67. The maximum Gasteiger partial charge on any atom is 0.370 e. The van der Waals surface area contributed by atoms with Gasteiger partial charge in [-0.05, 0) is 12.5 Å². The zero-order chi connectivity index (χ0) is 19.1. The molecule has 0 radical (unpaired) electrons. The summed E-state index contributed by atoms with van der Waals surface area (Å²) in [5.41, 5.74) is 0. The number of carboxylic acid groups (broad SMARTS) is 1. The topological polar surface area (TPSA) is 165 Å². The zero-order valence-electron chi connectivity index (χ0n) is 14.0. The van der Waals surface area contributed by atoms with Crippen LogP contribution in [0.3, 0.4) is 0 Å². The third-order valence-electron chi connectivity index (χ3n) is 3.60. The average molecular weight is 360 g/mol. The van der Waals surface area contributed by atoms with E-state index in [0.29, 0.717) is 6.42 Å². The van der Waals surface area contributed by atoms with E-state index in [2.05, 4.69) is 10.6 Å². The predicted molar refractivity (Wildman–Crippen MR) is 84.1 cm³/mol. The summed E-state index contributed by atoms with van der Waals surface area (Å²) < 4.78 is 5.13. The Morgan fingerprint density at radius 2 is 1.96 bits per heavy atom. The van der Waals surface area contributed by atoms with Crippen molar-refractivity contribution in [1.82, 2.24) is 10.6 Å². The number of carbonyl (C=O) groups excluding carboxylic acids is 2. The molecule has 0 spiro atoms. The largest absolute Gasteiger partial charge is 0.478 e. The Bertz CT molecular complexity index is 536. The van der Waals surface area contributed by atoms with Gasteiger partial charge >= 0.3 is 5.97 Å². The predicted octanol–water partition coefficient (Wildman–Crippen LogP) is -2.14. The van der Waals surface area contributed by atoms with E-state index in [9.17, 15) is 29.7 Å². The van der Waals surface area contributed by atoms with Crippen molar-refractivity contribution in [2.75, 3.05) is 6.54 Å². The monoisotopic (exact) mass is 360 g/mol. The minimum Gasteiger partial charge on any atom is -0.478 e. The van der Waals surface area contributed by atoms with Crippen LogP contribution in [0.5, 0.6) is 0 Å². The molecule has 0 aromatic rings. The van der Waals surface area contributed by atoms with Crippen LogP contribution in [0.2, 0.25) is 0 Å². The Morgan fingerprint density at radius 1 is 1.32 bits per heavy atom. The molecule has 10 heteroatoms. The molecule has 10 nitrogen and oxygen atoms in total. The Labute approximate surface area is 144 Å². The number of nitrogens with one attached hydrogen (secondary N) is 2. The molecule has 0 aromatic carbocycles. The number of aliphatic carboxylic acids is 1. The van der Waals surface area contributed by atoms with Gasteiger partial charge in [-0.1, -0.05) is 6.92 Å². The quantitative estimate of drug-likeness (QED) is 0.285. The van der Waals surface area contributed by atoms with Gasteiger partial charge in [0.25, 0.3) is 0 Å². The second-order valence-electron chi connectivity index (χ2n) is 5.75. The van der Waals surface area contributed by atoms with E-state index in [1.807, 2.05) is 0 Å². The van der Waals surface area contributed by atoms with Crippen molar-refractivity contribution < 1.29 is 39.5 Å². The van der Waals surface area contributed by atoms with Crippen LogP contribution in [-0.2, 0) is 19.1 Å². The fourth-order valence-corrected chi connectivity index (χ4v) is 2.39. The summed E-state index contributed by atoms with van der Waals surface area (Å²) >= 11 is 0. The molecule has 0 aromatic heterocycles. The summed E-state index contributed by atoms with van der Waals surface area (Å²) in [4.78, 5) is 33.8. The zero-order valence-corrected chi connectivity index (χ0v) is 14.0. The number of aliphatic hydroxyl groups excluding tert-OH is 3. The van der Waals surface area contributed by atoms with Gasteiger partial charge < -0.3 is 35.8 Å². The molecular weight excluding hydrogens is 336 g/mol. The van der Waals surface area contributed by atoms with E-state index in [1.54, 1.807) is 6.92 Å². The normalized spacial score (nSPS) is 25.2. The lowest BCUT2D eigenvalue weighted by Crippen LogP contribution is -2.60.